The van der Waals surface area contributed by atoms with Gasteiger partial charge in [0.05, 0.1) is 11.8 Å². The Kier molecular flexibility index (Phi) is 5.48. The minimum absolute atomic E-state index is 0.153. The van der Waals surface area contributed by atoms with Crippen molar-refractivity contribution in [1.29, 1.82) is 0 Å². The van der Waals surface area contributed by atoms with Crippen LogP contribution < -0.4 is 10.6 Å². The molecule has 0 unspecified atom stereocenters. The number of carboxylic acid groups (broad SMARTS) is 1. The highest BCUT2D eigenvalue weighted by atomic mass is 16.4. The molecule has 2 fully saturated rings. The summed E-state index contributed by atoms with van der Waals surface area (Å²) < 4.78 is 0. The van der Waals surface area contributed by atoms with E-state index in [9.17, 15) is 24.3 Å². The van der Waals surface area contributed by atoms with Crippen LogP contribution in [0.4, 0.5) is 5.69 Å². The Labute approximate surface area is 197 Å². The minimum Gasteiger partial charge on any atom is -0.481 e. The molecule has 0 aliphatic carbocycles. The molecule has 3 N–H and O–H groups in total. The maximum absolute atomic E-state index is 13.7. The van der Waals surface area contributed by atoms with Gasteiger partial charge in [-0.2, -0.15) is 0 Å². The van der Waals surface area contributed by atoms with Crippen molar-refractivity contribution in [3.05, 3.63) is 65.2 Å². The molecule has 2 aromatic rings. The lowest BCUT2D eigenvalue weighted by molar-refractivity contribution is -0.143. The van der Waals surface area contributed by atoms with Gasteiger partial charge in [-0.1, -0.05) is 49.4 Å². The third-order valence-corrected chi connectivity index (χ3v) is 7.41. The van der Waals surface area contributed by atoms with E-state index in [1.54, 1.807) is 0 Å². The highest BCUT2D eigenvalue weighted by Crippen LogP contribution is 2.53. The smallest absolute Gasteiger partial charge is 0.303 e. The monoisotopic (exact) mass is 461 g/mol. The summed E-state index contributed by atoms with van der Waals surface area (Å²) in [6, 6.07) is 14.7. The number of anilines is 1. The third-order valence-electron chi connectivity index (χ3n) is 7.41. The molecule has 8 nitrogen and oxygen atoms in total. The molecule has 1 spiro atoms. The van der Waals surface area contributed by atoms with Gasteiger partial charge in [0.1, 0.15) is 5.54 Å². The van der Waals surface area contributed by atoms with Gasteiger partial charge in [-0.15, -0.1) is 0 Å². The molecule has 2 saturated heterocycles. The Balaban J connectivity index is 1.54. The molecular formula is C26H27N3O5. The number of hydrogen-bond acceptors (Lipinski definition) is 5. The number of likely N-dealkylation sites (tertiary alicyclic amines) is 1. The zero-order valence-corrected chi connectivity index (χ0v) is 18.9. The Morgan fingerprint density at radius 2 is 1.82 bits per heavy atom. The summed E-state index contributed by atoms with van der Waals surface area (Å²) in [6.45, 7) is 2.23. The van der Waals surface area contributed by atoms with E-state index in [4.69, 9.17) is 0 Å². The predicted octanol–water partition coefficient (Wildman–Crippen LogP) is 2.08. The Hall–Kier alpha value is -3.52. The highest BCUT2D eigenvalue weighted by molar-refractivity contribution is 6.15. The van der Waals surface area contributed by atoms with Crippen molar-refractivity contribution in [2.75, 3.05) is 11.9 Å². The lowest BCUT2D eigenvalue weighted by Crippen LogP contribution is -2.53. The van der Waals surface area contributed by atoms with Crippen LogP contribution in [0, 0.1) is 11.8 Å². The van der Waals surface area contributed by atoms with E-state index in [-0.39, 0.29) is 37.1 Å². The second-order valence-corrected chi connectivity index (χ2v) is 9.25. The summed E-state index contributed by atoms with van der Waals surface area (Å²) in [7, 11) is 0. The van der Waals surface area contributed by atoms with Crippen molar-refractivity contribution in [3.8, 4) is 0 Å². The van der Waals surface area contributed by atoms with Gasteiger partial charge in [0.25, 0.3) is 0 Å². The Morgan fingerprint density at radius 3 is 2.53 bits per heavy atom. The molecule has 176 valence electrons. The summed E-state index contributed by atoms with van der Waals surface area (Å²) in [5, 5.41) is 15.4. The number of carbonyl (C=O) groups excluding carboxylic acids is 3. The van der Waals surface area contributed by atoms with Gasteiger partial charge in [0, 0.05) is 30.3 Å². The lowest BCUT2D eigenvalue weighted by atomic mass is 9.76. The van der Waals surface area contributed by atoms with Crippen LogP contribution in [0.15, 0.2) is 48.5 Å². The number of aliphatic carboxylic acids is 1. The number of amides is 3. The van der Waals surface area contributed by atoms with E-state index in [1.807, 2.05) is 55.5 Å². The number of nitrogens with one attached hydrogen (secondary N) is 2. The summed E-state index contributed by atoms with van der Waals surface area (Å²) in [4.78, 5) is 53.3. The molecule has 8 heteroatoms. The van der Waals surface area contributed by atoms with Crippen molar-refractivity contribution in [3.63, 3.8) is 0 Å². The van der Waals surface area contributed by atoms with E-state index in [2.05, 4.69) is 10.6 Å². The molecule has 3 aliphatic heterocycles. The van der Waals surface area contributed by atoms with E-state index >= 15 is 0 Å². The maximum atomic E-state index is 13.7. The second kappa shape index (κ2) is 8.36. The molecule has 3 heterocycles. The van der Waals surface area contributed by atoms with E-state index < -0.39 is 29.4 Å². The first-order valence-corrected chi connectivity index (χ1v) is 11.7. The van der Waals surface area contributed by atoms with Crippen LogP contribution >= 0.6 is 0 Å². The van der Waals surface area contributed by atoms with Gasteiger partial charge in [-0.3, -0.25) is 29.4 Å². The molecular weight excluding hydrogens is 434 g/mol. The van der Waals surface area contributed by atoms with Gasteiger partial charge in [-0.05, 0) is 36.5 Å². The number of nitrogens with zero attached hydrogens (tertiary/aromatic N) is 1. The van der Waals surface area contributed by atoms with Crippen LogP contribution in [-0.4, -0.2) is 46.3 Å². The zero-order valence-electron chi connectivity index (χ0n) is 18.9. The lowest BCUT2D eigenvalue weighted by Gasteiger charge is -2.29. The first-order chi connectivity index (χ1) is 16.4. The van der Waals surface area contributed by atoms with E-state index in [0.29, 0.717) is 17.7 Å². The summed E-state index contributed by atoms with van der Waals surface area (Å²) in [5.74, 6) is -3.76. The molecule has 3 amide bonds. The number of carboxylic acids is 1. The normalized spacial score (nSPS) is 27.3. The number of rotatable bonds is 7. The fourth-order valence-corrected chi connectivity index (χ4v) is 5.76. The fourth-order valence-electron chi connectivity index (χ4n) is 5.76. The van der Waals surface area contributed by atoms with E-state index in [0.717, 1.165) is 17.5 Å². The molecule has 0 radical (unpaired) electrons. The van der Waals surface area contributed by atoms with E-state index in [1.165, 1.54) is 4.90 Å². The number of fused-ring (bicyclic) bond motifs is 4. The molecule has 0 bridgehead atoms. The summed E-state index contributed by atoms with van der Waals surface area (Å²) in [5.41, 5.74) is 1.92. The number of carbonyl (C=O) groups is 4. The van der Waals surface area contributed by atoms with Crippen LogP contribution in [0.25, 0.3) is 0 Å². The van der Waals surface area contributed by atoms with Gasteiger partial charge >= 0.3 is 5.97 Å². The van der Waals surface area contributed by atoms with Crippen molar-refractivity contribution in [2.45, 2.75) is 44.2 Å². The van der Waals surface area contributed by atoms with Crippen LogP contribution in [0.3, 0.4) is 0 Å². The Bertz CT molecular complexity index is 1180. The maximum Gasteiger partial charge on any atom is 0.303 e. The number of benzene rings is 2. The fraction of sp³-hybridized carbons (Fsp3) is 0.385. The molecule has 0 saturated carbocycles. The highest BCUT2D eigenvalue weighted by Gasteiger charge is 2.70. The van der Waals surface area contributed by atoms with Crippen LogP contribution in [0.1, 0.15) is 36.5 Å². The first-order valence-electron chi connectivity index (χ1n) is 11.7. The van der Waals surface area contributed by atoms with Crippen molar-refractivity contribution in [2.24, 2.45) is 11.8 Å². The molecule has 2 aromatic carbocycles. The third kappa shape index (κ3) is 3.32. The quantitative estimate of drug-likeness (QED) is 0.544. The zero-order chi connectivity index (χ0) is 24.0. The van der Waals surface area contributed by atoms with Gasteiger partial charge < -0.3 is 10.4 Å². The molecule has 3 aliphatic rings. The van der Waals surface area contributed by atoms with Crippen molar-refractivity contribution >= 4 is 29.4 Å². The van der Waals surface area contributed by atoms with Crippen LogP contribution in [0.5, 0.6) is 0 Å². The van der Waals surface area contributed by atoms with Crippen LogP contribution in [0.2, 0.25) is 0 Å². The Morgan fingerprint density at radius 1 is 1.06 bits per heavy atom. The topological polar surface area (TPSA) is 116 Å². The van der Waals surface area contributed by atoms with Crippen molar-refractivity contribution < 1.29 is 24.3 Å². The summed E-state index contributed by atoms with van der Waals surface area (Å²) >= 11 is 0. The first kappa shape index (κ1) is 22.3. The SMILES string of the molecule is CCc1ccc2c(c1)[C@@]1(N[C@H](CCC(=O)O)[C@H]3C(=O)N(CCc4ccccc4)C(=O)[C@H]31)C(=O)N2. The van der Waals surface area contributed by atoms with Crippen LogP contribution in [-0.2, 0) is 37.6 Å². The number of aryl methyl sites for hydroxylation is 1. The largest absolute Gasteiger partial charge is 0.481 e. The molecule has 0 aromatic heterocycles. The standard InChI is InChI=1S/C26H27N3O5/c1-2-15-8-9-18-17(14-15)26(25(34)27-18)22-21(19(28-26)10-11-20(30)31)23(32)29(24(22)33)13-12-16-6-4-3-5-7-16/h3-9,14,19,21-22,28H,2,10-13H2,1H3,(H,27,34)(H,30,31)/t19-,21-,22+,26+/m1/s1. The molecule has 4 atom stereocenters. The minimum atomic E-state index is -1.39. The second-order valence-electron chi connectivity index (χ2n) is 9.25. The molecule has 34 heavy (non-hydrogen) atoms. The number of hydrogen-bond donors (Lipinski definition) is 3. The van der Waals surface area contributed by atoms with Crippen molar-refractivity contribution in [1.82, 2.24) is 10.2 Å². The summed E-state index contributed by atoms with van der Waals surface area (Å²) in [6.07, 6.45) is 1.26. The average Bonchev–Trinajstić information content (AvgIpc) is 3.41. The van der Waals surface area contributed by atoms with Gasteiger partial charge in [0.15, 0.2) is 0 Å². The number of imide groups is 1. The van der Waals surface area contributed by atoms with Gasteiger partial charge in [0.2, 0.25) is 17.7 Å². The molecule has 5 rings (SSSR count). The average molecular weight is 462 g/mol. The van der Waals surface area contributed by atoms with Gasteiger partial charge in [-0.25, -0.2) is 0 Å². The predicted molar refractivity (Wildman–Crippen MR) is 124 cm³/mol.